The first kappa shape index (κ1) is 12.2. The van der Waals surface area contributed by atoms with Crippen LogP contribution in [-0.4, -0.2) is 47.5 Å². The third kappa shape index (κ3) is 2.52. The number of likely N-dealkylation sites (tertiary alicyclic amines) is 1. The Balaban J connectivity index is 2.09. The predicted octanol–water partition coefficient (Wildman–Crippen LogP) is -0.277. The zero-order valence-corrected chi connectivity index (χ0v) is 10.1. The number of rotatable bonds is 3. The van der Waals surface area contributed by atoms with Crippen LogP contribution >= 0.6 is 0 Å². The third-order valence-electron chi connectivity index (χ3n) is 3.75. The van der Waals surface area contributed by atoms with Gasteiger partial charge in [-0.05, 0) is 32.7 Å². The van der Waals surface area contributed by atoms with Gasteiger partial charge in [0.15, 0.2) is 5.84 Å². The lowest BCUT2D eigenvalue weighted by Gasteiger charge is -2.40. The molecule has 0 unspecified atom stereocenters. The average molecular weight is 240 g/mol. The van der Waals surface area contributed by atoms with Crippen LogP contribution in [0.2, 0.25) is 0 Å². The topological polar surface area (TPSA) is 91.0 Å². The molecule has 1 aliphatic heterocycles. The second-order valence-corrected chi connectivity index (χ2v) is 5.13. The van der Waals surface area contributed by atoms with Crippen LogP contribution in [0.5, 0.6) is 0 Å². The minimum absolute atomic E-state index is 0.0427. The zero-order chi connectivity index (χ0) is 12.5. The lowest BCUT2D eigenvalue weighted by molar-refractivity contribution is -0.124. The fraction of sp³-hybridized carbons (Fsp3) is 0.818. The lowest BCUT2D eigenvalue weighted by atomic mass is 9.86. The zero-order valence-electron chi connectivity index (χ0n) is 10.1. The number of oxime groups is 1. The molecule has 2 aliphatic rings. The number of nitrogens with one attached hydrogen (secondary N) is 1. The second-order valence-electron chi connectivity index (χ2n) is 5.13. The van der Waals surface area contributed by atoms with Gasteiger partial charge in [0.1, 0.15) is 5.54 Å². The van der Waals surface area contributed by atoms with E-state index in [2.05, 4.69) is 15.4 Å². The van der Waals surface area contributed by atoms with Crippen molar-refractivity contribution in [1.29, 1.82) is 0 Å². The number of hydrogen-bond donors (Lipinski definition) is 3. The summed E-state index contributed by atoms with van der Waals surface area (Å²) < 4.78 is 0. The van der Waals surface area contributed by atoms with Crippen molar-refractivity contribution < 1.29 is 10.0 Å². The number of nitrogens with zero attached hydrogens (tertiary/aromatic N) is 2. The minimum Gasteiger partial charge on any atom is -0.409 e. The maximum Gasteiger partial charge on any atom is 0.223 e. The fourth-order valence-electron chi connectivity index (χ4n) is 2.22. The number of piperidine rings is 1. The van der Waals surface area contributed by atoms with Crippen LogP contribution in [0.1, 0.15) is 25.7 Å². The summed E-state index contributed by atoms with van der Waals surface area (Å²) in [7, 11) is 2.03. The molecular formula is C11H20N4O2. The summed E-state index contributed by atoms with van der Waals surface area (Å²) in [4.78, 5) is 14.0. The van der Waals surface area contributed by atoms with E-state index in [1.54, 1.807) is 0 Å². The first-order valence-electron chi connectivity index (χ1n) is 6.06. The van der Waals surface area contributed by atoms with Crippen molar-refractivity contribution >= 4 is 11.7 Å². The molecule has 2 fully saturated rings. The summed E-state index contributed by atoms with van der Waals surface area (Å²) in [5, 5.41) is 15.0. The molecule has 0 radical (unpaired) electrons. The summed E-state index contributed by atoms with van der Waals surface area (Å²) in [6.07, 6.45) is 3.30. The molecule has 0 bridgehead atoms. The van der Waals surface area contributed by atoms with Crippen molar-refractivity contribution in [3.63, 3.8) is 0 Å². The maximum absolute atomic E-state index is 11.9. The van der Waals surface area contributed by atoms with E-state index >= 15 is 0 Å². The van der Waals surface area contributed by atoms with Crippen LogP contribution in [-0.2, 0) is 4.79 Å². The van der Waals surface area contributed by atoms with Crippen LogP contribution in [0.15, 0.2) is 5.16 Å². The molecule has 0 aromatic heterocycles. The van der Waals surface area contributed by atoms with Gasteiger partial charge in [0.25, 0.3) is 0 Å². The largest absolute Gasteiger partial charge is 0.409 e. The molecule has 96 valence electrons. The Labute approximate surface area is 101 Å². The summed E-state index contributed by atoms with van der Waals surface area (Å²) in [5.41, 5.74) is 5.11. The third-order valence-corrected chi connectivity index (χ3v) is 3.75. The van der Waals surface area contributed by atoms with Gasteiger partial charge in [-0.25, -0.2) is 0 Å². The Kier molecular flexibility index (Phi) is 3.24. The van der Waals surface area contributed by atoms with Gasteiger partial charge in [-0.15, -0.1) is 0 Å². The summed E-state index contributed by atoms with van der Waals surface area (Å²) in [6.45, 7) is 1.67. The van der Waals surface area contributed by atoms with Crippen LogP contribution < -0.4 is 11.1 Å². The van der Waals surface area contributed by atoms with Crippen LogP contribution in [0.25, 0.3) is 0 Å². The predicted molar refractivity (Wildman–Crippen MR) is 63.7 cm³/mol. The van der Waals surface area contributed by atoms with Gasteiger partial charge < -0.3 is 21.2 Å². The van der Waals surface area contributed by atoms with Crippen molar-refractivity contribution in [1.82, 2.24) is 10.2 Å². The highest BCUT2D eigenvalue weighted by molar-refractivity contribution is 5.95. The summed E-state index contributed by atoms with van der Waals surface area (Å²) in [5.74, 6) is 0.304. The monoisotopic (exact) mass is 240 g/mol. The molecule has 1 saturated heterocycles. The Bertz CT molecular complexity index is 330. The van der Waals surface area contributed by atoms with Crippen molar-refractivity contribution in [3.8, 4) is 0 Å². The molecule has 1 heterocycles. The van der Waals surface area contributed by atoms with E-state index in [9.17, 15) is 4.79 Å². The second kappa shape index (κ2) is 4.52. The number of amidine groups is 1. The molecule has 1 amide bonds. The van der Waals surface area contributed by atoms with Crippen molar-refractivity contribution in [3.05, 3.63) is 0 Å². The average Bonchev–Trinajstić information content (AvgIpc) is 3.15. The summed E-state index contributed by atoms with van der Waals surface area (Å²) in [6, 6.07) is 0. The molecule has 0 spiro atoms. The van der Waals surface area contributed by atoms with Gasteiger partial charge in [-0.3, -0.25) is 4.79 Å². The van der Waals surface area contributed by atoms with E-state index in [-0.39, 0.29) is 17.7 Å². The Morgan fingerprint density at radius 1 is 1.47 bits per heavy atom. The molecule has 2 rings (SSSR count). The molecule has 1 saturated carbocycles. The molecule has 1 aliphatic carbocycles. The molecule has 6 nitrogen and oxygen atoms in total. The van der Waals surface area contributed by atoms with E-state index < -0.39 is 5.54 Å². The Morgan fingerprint density at radius 3 is 2.53 bits per heavy atom. The van der Waals surface area contributed by atoms with Gasteiger partial charge in [0.05, 0.1) is 0 Å². The standard InChI is InChI=1S/C11H20N4O2/c1-15-6-4-11(5-7-15,10(12)14-17)13-9(16)8-2-3-8/h8,17H,2-7H2,1H3,(H2,12,14)(H,13,16). The van der Waals surface area contributed by atoms with Crippen LogP contribution in [0, 0.1) is 5.92 Å². The van der Waals surface area contributed by atoms with Crippen molar-refractivity contribution in [2.24, 2.45) is 16.8 Å². The maximum atomic E-state index is 11.9. The van der Waals surface area contributed by atoms with Gasteiger partial charge in [0.2, 0.25) is 5.91 Å². The van der Waals surface area contributed by atoms with Gasteiger partial charge in [0, 0.05) is 19.0 Å². The van der Waals surface area contributed by atoms with Gasteiger partial charge >= 0.3 is 0 Å². The van der Waals surface area contributed by atoms with Gasteiger partial charge in [-0.1, -0.05) is 5.16 Å². The molecular weight excluding hydrogens is 220 g/mol. The van der Waals surface area contributed by atoms with Gasteiger partial charge in [-0.2, -0.15) is 0 Å². The number of carbonyl (C=O) groups excluding carboxylic acids is 1. The highest BCUT2D eigenvalue weighted by atomic mass is 16.4. The minimum atomic E-state index is -0.652. The normalized spacial score (nSPS) is 25.6. The first-order valence-corrected chi connectivity index (χ1v) is 6.06. The summed E-state index contributed by atoms with van der Waals surface area (Å²) >= 11 is 0. The van der Waals surface area contributed by atoms with E-state index in [1.165, 1.54) is 0 Å². The number of hydrogen-bond acceptors (Lipinski definition) is 4. The van der Waals surface area contributed by atoms with Crippen LogP contribution in [0.4, 0.5) is 0 Å². The number of nitrogens with two attached hydrogens (primary N) is 1. The van der Waals surface area contributed by atoms with Crippen LogP contribution in [0.3, 0.4) is 0 Å². The van der Waals surface area contributed by atoms with E-state index in [0.29, 0.717) is 12.8 Å². The SMILES string of the molecule is CN1CCC(NC(=O)C2CC2)(/C(N)=N/O)CC1. The first-order chi connectivity index (χ1) is 8.07. The van der Waals surface area contributed by atoms with Crippen molar-refractivity contribution in [2.75, 3.05) is 20.1 Å². The Morgan fingerprint density at radius 2 is 2.06 bits per heavy atom. The molecule has 0 aromatic carbocycles. The Hall–Kier alpha value is -1.30. The molecule has 17 heavy (non-hydrogen) atoms. The van der Waals surface area contributed by atoms with E-state index in [0.717, 1.165) is 25.9 Å². The molecule has 0 atom stereocenters. The smallest absolute Gasteiger partial charge is 0.223 e. The molecule has 4 N–H and O–H groups in total. The van der Waals surface area contributed by atoms with E-state index in [4.69, 9.17) is 10.9 Å². The highest BCUT2D eigenvalue weighted by Crippen LogP contribution is 2.31. The molecule has 6 heteroatoms. The fourth-order valence-corrected chi connectivity index (χ4v) is 2.22. The lowest BCUT2D eigenvalue weighted by Crippen LogP contribution is -2.62. The van der Waals surface area contributed by atoms with Crippen molar-refractivity contribution in [2.45, 2.75) is 31.2 Å². The molecule has 0 aromatic rings. The number of carbonyl (C=O) groups is 1. The quantitative estimate of drug-likeness (QED) is 0.274. The highest BCUT2D eigenvalue weighted by Gasteiger charge is 2.42. The number of amides is 1. The van der Waals surface area contributed by atoms with E-state index in [1.807, 2.05) is 7.05 Å².